The Labute approximate surface area is 135 Å². The number of aromatic nitrogens is 2. The zero-order valence-corrected chi connectivity index (χ0v) is 13.1. The summed E-state index contributed by atoms with van der Waals surface area (Å²) in [6.07, 6.45) is 11.7. The van der Waals surface area contributed by atoms with Crippen molar-refractivity contribution in [1.82, 2.24) is 14.9 Å². The quantitative estimate of drug-likeness (QED) is 0.850. The lowest BCUT2D eigenvalue weighted by Gasteiger charge is -2.52. The van der Waals surface area contributed by atoms with Gasteiger partial charge in [-0.25, -0.2) is 4.98 Å². The van der Waals surface area contributed by atoms with Crippen LogP contribution in [-0.4, -0.2) is 52.2 Å². The van der Waals surface area contributed by atoms with Crippen molar-refractivity contribution in [1.29, 1.82) is 0 Å². The highest BCUT2D eigenvalue weighted by Crippen LogP contribution is 2.37. The molecule has 3 heterocycles. The first-order valence-corrected chi connectivity index (χ1v) is 8.29. The zero-order chi connectivity index (χ0) is 15.7. The van der Waals surface area contributed by atoms with E-state index in [0.29, 0.717) is 25.6 Å². The molecule has 23 heavy (non-hydrogen) atoms. The zero-order valence-electron chi connectivity index (χ0n) is 13.1. The van der Waals surface area contributed by atoms with E-state index in [1.54, 1.807) is 18.6 Å². The van der Waals surface area contributed by atoms with Gasteiger partial charge in [0.15, 0.2) is 0 Å². The molecule has 1 atom stereocenters. The van der Waals surface area contributed by atoms with E-state index < -0.39 is 0 Å². The predicted molar refractivity (Wildman–Crippen MR) is 82.9 cm³/mol. The minimum Gasteiger partial charge on any atom is -0.473 e. The number of hydrogen-bond acceptors (Lipinski definition) is 5. The average Bonchev–Trinajstić information content (AvgIpc) is 3.07. The van der Waals surface area contributed by atoms with Crippen LogP contribution in [0.1, 0.15) is 32.1 Å². The van der Waals surface area contributed by atoms with Crippen molar-refractivity contribution in [2.24, 2.45) is 0 Å². The molecule has 0 aromatic carbocycles. The van der Waals surface area contributed by atoms with Crippen molar-refractivity contribution >= 4 is 5.91 Å². The molecule has 1 amide bonds. The third-order valence-corrected chi connectivity index (χ3v) is 4.84. The Morgan fingerprint density at radius 2 is 2.30 bits per heavy atom. The van der Waals surface area contributed by atoms with Crippen molar-refractivity contribution in [3.63, 3.8) is 0 Å². The Morgan fingerprint density at radius 3 is 3.04 bits per heavy atom. The number of ether oxygens (including phenoxy) is 2. The average molecular weight is 315 g/mol. The Hall–Kier alpha value is -1.95. The number of carbonyl (C=O) groups excluding carboxylic acids is 1. The lowest BCUT2D eigenvalue weighted by Crippen LogP contribution is -2.67. The first-order valence-electron chi connectivity index (χ1n) is 8.29. The van der Waals surface area contributed by atoms with Crippen molar-refractivity contribution in [2.75, 3.05) is 19.7 Å². The van der Waals surface area contributed by atoms with E-state index in [2.05, 4.69) is 16.0 Å². The number of amides is 1. The number of hydrogen-bond donors (Lipinski definition) is 0. The molecule has 6 heteroatoms. The van der Waals surface area contributed by atoms with Crippen LogP contribution in [0.2, 0.25) is 0 Å². The van der Waals surface area contributed by atoms with E-state index in [-0.39, 0.29) is 17.6 Å². The van der Waals surface area contributed by atoms with Crippen LogP contribution in [0.15, 0.2) is 30.2 Å². The van der Waals surface area contributed by atoms with Gasteiger partial charge in [0.25, 0.3) is 0 Å². The van der Waals surface area contributed by atoms with E-state index in [1.165, 1.54) is 0 Å². The Morgan fingerprint density at radius 1 is 1.39 bits per heavy atom. The third-order valence-electron chi connectivity index (χ3n) is 4.84. The number of rotatable bonds is 3. The normalized spacial score (nSPS) is 25.8. The second-order valence-corrected chi connectivity index (χ2v) is 6.59. The van der Waals surface area contributed by atoms with E-state index in [4.69, 9.17) is 9.47 Å². The van der Waals surface area contributed by atoms with E-state index >= 15 is 0 Å². The largest absolute Gasteiger partial charge is 0.473 e. The molecule has 1 aliphatic carbocycles. The van der Waals surface area contributed by atoms with Crippen LogP contribution < -0.4 is 4.74 Å². The second-order valence-electron chi connectivity index (χ2n) is 6.59. The molecule has 2 fully saturated rings. The second kappa shape index (κ2) is 5.92. The number of allylic oxidation sites excluding steroid dienone is 1. The predicted octanol–water partition coefficient (Wildman–Crippen LogP) is 1.73. The lowest BCUT2D eigenvalue weighted by molar-refractivity contribution is -0.191. The summed E-state index contributed by atoms with van der Waals surface area (Å²) in [5.74, 6) is 0.742. The molecule has 0 unspecified atom stereocenters. The summed E-state index contributed by atoms with van der Waals surface area (Å²) < 4.78 is 11.9. The molecule has 0 radical (unpaired) electrons. The topological polar surface area (TPSA) is 64.6 Å². The highest BCUT2D eigenvalue weighted by Gasteiger charge is 2.50. The van der Waals surface area contributed by atoms with Crippen LogP contribution in [0.3, 0.4) is 0 Å². The van der Waals surface area contributed by atoms with Crippen LogP contribution in [0.5, 0.6) is 5.88 Å². The fourth-order valence-electron chi connectivity index (χ4n) is 3.68. The molecule has 6 nitrogen and oxygen atoms in total. The summed E-state index contributed by atoms with van der Waals surface area (Å²) in [6, 6.07) is 0. The fourth-order valence-corrected chi connectivity index (χ4v) is 3.68. The van der Waals surface area contributed by atoms with Crippen LogP contribution >= 0.6 is 0 Å². The van der Waals surface area contributed by atoms with Crippen LogP contribution in [0, 0.1) is 0 Å². The molecule has 1 aromatic rings. The first kappa shape index (κ1) is 14.6. The number of carbonyl (C=O) groups is 1. The molecule has 4 rings (SSSR count). The Kier molecular flexibility index (Phi) is 3.77. The third kappa shape index (κ3) is 2.95. The smallest absolute Gasteiger partial charge is 0.249 e. The maximum Gasteiger partial charge on any atom is 0.249 e. The van der Waals surface area contributed by atoms with Gasteiger partial charge in [-0.15, -0.1) is 0 Å². The van der Waals surface area contributed by atoms with Gasteiger partial charge in [0.05, 0.1) is 25.9 Å². The van der Waals surface area contributed by atoms with Gasteiger partial charge < -0.3 is 14.4 Å². The van der Waals surface area contributed by atoms with Crippen molar-refractivity contribution in [3.05, 3.63) is 30.2 Å². The summed E-state index contributed by atoms with van der Waals surface area (Å²) in [5.41, 5.74) is 0.739. The Bertz CT molecular complexity index is 611. The van der Waals surface area contributed by atoms with Gasteiger partial charge in [-0.05, 0) is 19.3 Å². The van der Waals surface area contributed by atoms with E-state index in [0.717, 1.165) is 37.7 Å². The van der Waals surface area contributed by atoms with Crippen LogP contribution in [0.4, 0.5) is 0 Å². The van der Waals surface area contributed by atoms with Crippen molar-refractivity contribution in [2.45, 2.75) is 43.8 Å². The van der Waals surface area contributed by atoms with Gasteiger partial charge in [-0.3, -0.25) is 9.78 Å². The molecule has 2 saturated heterocycles. The summed E-state index contributed by atoms with van der Waals surface area (Å²) in [6.45, 7) is 2.00. The van der Waals surface area contributed by atoms with E-state index in [9.17, 15) is 4.79 Å². The molecule has 122 valence electrons. The van der Waals surface area contributed by atoms with E-state index in [1.807, 2.05) is 4.90 Å². The van der Waals surface area contributed by atoms with Crippen LogP contribution in [-0.2, 0) is 9.53 Å². The van der Waals surface area contributed by atoms with Crippen LogP contribution in [0.25, 0.3) is 0 Å². The summed E-state index contributed by atoms with van der Waals surface area (Å²) in [7, 11) is 0. The summed E-state index contributed by atoms with van der Waals surface area (Å²) in [4.78, 5) is 22.5. The van der Waals surface area contributed by atoms with Gasteiger partial charge >= 0.3 is 0 Å². The monoisotopic (exact) mass is 315 g/mol. The molecule has 3 aliphatic rings. The molecule has 1 spiro atoms. The number of likely N-dealkylation sites (tertiary alicyclic amines) is 1. The van der Waals surface area contributed by atoms with Gasteiger partial charge in [-0.1, -0.05) is 6.08 Å². The highest BCUT2D eigenvalue weighted by molar-refractivity contribution is 5.94. The SMILES string of the molecule is O=C(C1=CCCC1)N1CC2(C[C@@H](Oc3cnccn3)CCO2)C1. The first-order chi connectivity index (χ1) is 11.2. The lowest BCUT2D eigenvalue weighted by atomic mass is 9.84. The minimum absolute atomic E-state index is 0.0726. The van der Waals surface area contributed by atoms with Gasteiger partial charge in [0.1, 0.15) is 11.7 Å². The molecule has 0 bridgehead atoms. The molecule has 2 aliphatic heterocycles. The van der Waals surface area contributed by atoms with Gasteiger partial charge in [-0.2, -0.15) is 0 Å². The molecule has 1 aromatic heterocycles. The molecular weight excluding hydrogens is 294 g/mol. The van der Waals surface area contributed by atoms with Crippen molar-refractivity contribution in [3.8, 4) is 5.88 Å². The highest BCUT2D eigenvalue weighted by atomic mass is 16.5. The molecular formula is C17H21N3O3. The maximum atomic E-state index is 12.4. The summed E-state index contributed by atoms with van der Waals surface area (Å²) >= 11 is 0. The molecule has 0 saturated carbocycles. The maximum absolute atomic E-state index is 12.4. The fraction of sp³-hybridized carbons (Fsp3) is 0.588. The minimum atomic E-state index is -0.236. The standard InChI is InChI=1S/C17H21N3O3/c21-16(13-3-1-2-4-13)20-11-17(12-20)9-14(5-8-22-17)23-15-10-18-6-7-19-15/h3,6-7,10,14H,1-2,4-5,8-9,11-12H2/t14-/m0/s1. The van der Waals surface area contributed by atoms with Crippen molar-refractivity contribution < 1.29 is 14.3 Å². The summed E-state index contributed by atoms with van der Waals surface area (Å²) in [5, 5.41) is 0. The van der Waals surface area contributed by atoms with Gasteiger partial charge in [0, 0.05) is 30.8 Å². The Balaban J connectivity index is 1.34. The number of nitrogens with zero attached hydrogens (tertiary/aromatic N) is 3. The molecule has 0 N–H and O–H groups in total. The van der Waals surface area contributed by atoms with Gasteiger partial charge in [0.2, 0.25) is 11.8 Å².